The van der Waals surface area contributed by atoms with Gasteiger partial charge in [-0.15, -0.1) is 0 Å². The fraction of sp³-hybridized carbons (Fsp3) is 0.783. The van der Waals surface area contributed by atoms with Crippen LogP contribution in [0.2, 0.25) is 0 Å². The number of carbonyl (C=O) groups excluding carboxylic acids is 2. The van der Waals surface area contributed by atoms with Crippen LogP contribution in [0.1, 0.15) is 181 Å². The molecule has 3 unspecified atom stereocenters. The van der Waals surface area contributed by atoms with Crippen LogP contribution in [-0.4, -0.2) is 77.9 Å². The lowest BCUT2D eigenvalue weighted by Gasteiger charge is -2.20. The third-order valence-corrected chi connectivity index (χ3v) is 10.8. The summed E-state index contributed by atoms with van der Waals surface area (Å²) < 4.78 is 38.5. The Kier molecular flexibility index (Phi) is 35.2. The van der Waals surface area contributed by atoms with Gasteiger partial charge in [-0.25, -0.2) is 4.57 Å². The highest BCUT2D eigenvalue weighted by molar-refractivity contribution is 7.47. The molecule has 0 aromatic rings. The molecule has 12 heteroatoms. The monoisotopic (exact) mass is 841 g/mol. The third-order valence-electron chi connectivity index (χ3n) is 9.88. The molecule has 0 bridgehead atoms. The molecule has 3 N–H and O–H groups in total. The molecule has 5 atom stereocenters. The van der Waals surface area contributed by atoms with E-state index < -0.39 is 51.8 Å². The van der Waals surface area contributed by atoms with Crippen LogP contribution in [-0.2, 0) is 37.4 Å². The highest BCUT2D eigenvalue weighted by Gasteiger charge is 2.36. The van der Waals surface area contributed by atoms with Crippen molar-refractivity contribution in [2.24, 2.45) is 0 Å². The highest BCUT2D eigenvalue weighted by atomic mass is 31.2. The summed E-state index contributed by atoms with van der Waals surface area (Å²) in [5, 5.41) is 18.4. The predicted molar refractivity (Wildman–Crippen MR) is 232 cm³/mol. The van der Waals surface area contributed by atoms with Gasteiger partial charge in [0, 0.05) is 12.8 Å². The number of phosphoric acid groups is 1. The molecule has 0 saturated carbocycles. The van der Waals surface area contributed by atoms with Gasteiger partial charge in [0.2, 0.25) is 0 Å². The molecule has 0 spiro atoms. The first-order valence-corrected chi connectivity index (χ1v) is 24.2. The number of hydrogen-bond donors (Lipinski definition) is 3. The summed E-state index contributed by atoms with van der Waals surface area (Å²) in [5.41, 5.74) is 0. The maximum absolute atomic E-state index is 12.7. The van der Waals surface area contributed by atoms with Gasteiger partial charge < -0.3 is 29.3 Å². The zero-order valence-corrected chi connectivity index (χ0v) is 37.1. The van der Waals surface area contributed by atoms with Gasteiger partial charge in [0.05, 0.1) is 32.0 Å². The Balaban J connectivity index is 2.29. The van der Waals surface area contributed by atoms with Crippen molar-refractivity contribution in [2.45, 2.75) is 205 Å². The number of aliphatic hydroxyl groups is 2. The molecule has 0 amide bonds. The van der Waals surface area contributed by atoms with Crippen molar-refractivity contribution in [2.75, 3.05) is 26.4 Å². The molecular weight excluding hydrogens is 759 g/mol. The van der Waals surface area contributed by atoms with Gasteiger partial charge in [-0.2, -0.15) is 0 Å². The summed E-state index contributed by atoms with van der Waals surface area (Å²) >= 11 is 0. The van der Waals surface area contributed by atoms with E-state index in [1.165, 1.54) is 83.5 Å². The Bertz CT molecular complexity index is 1170. The van der Waals surface area contributed by atoms with E-state index in [9.17, 15) is 24.2 Å². The molecule has 1 aliphatic heterocycles. The van der Waals surface area contributed by atoms with Crippen LogP contribution < -0.4 is 0 Å². The maximum atomic E-state index is 12.7. The third kappa shape index (κ3) is 34.7. The Hall–Kier alpha value is -2.11. The number of epoxide rings is 1. The number of ether oxygens (including phenoxy) is 3. The van der Waals surface area contributed by atoms with E-state index in [0.29, 0.717) is 12.8 Å². The van der Waals surface area contributed by atoms with Crippen LogP contribution in [0.5, 0.6) is 0 Å². The van der Waals surface area contributed by atoms with Crippen molar-refractivity contribution in [3.05, 3.63) is 48.6 Å². The van der Waals surface area contributed by atoms with E-state index in [0.717, 1.165) is 57.8 Å². The molecule has 0 aromatic carbocycles. The summed E-state index contributed by atoms with van der Waals surface area (Å²) in [6.07, 6.45) is 42.3. The lowest BCUT2D eigenvalue weighted by atomic mass is 10.1. The second-order valence-corrected chi connectivity index (χ2v) is 16.9. The van der Waals surface area contributed by atoms with Gasteiger partial charge >= 0.3 is 19.8 Å². The molecule has 1 fully saturated rings. The Morgan fingerprint density at radius 1 is 0.621 bits per heavy atom. The number of allylic oxidation sites excluding steroid dienone is 7. The van der Waals surface area contributed by atoms with Crippen LogP contribution in [0.25, 0.3) is 0 Å². The molecule has 1 heterocycles. The molecule has 336 valence electrons. The minimum Gasteiger partial charge on any atom is -0.462 e. The number of carbonyl (C=O) groups is 2. The van der Waals surface area contributed by atoms with Crippen LogP contribution in [0, 0.1) is 0 Å². The molecule has 1 aliphatic rings. The molecule has 0 aliphatic carbocycles. The average molecular weight is 841 g/mol. The number of rotatable bonds is 41. The van der Waals surface area contributed by atoms with Crippen molar-refractivity contribution in [3.8, 4) is 0 Å². The Morgan fingerprint density at radius 2 is 1.12 bits per heavy atom. The maximum Gasteiger partial charge on any atom is 0.472 e. The normalized spacial score (nSPS) is 17.7. The first kappa shape index (κ1) is 53.9. The van der Waals surface area contributed by atoms with Gasteiger partial charge in [-0.05, 0) is 77.0 Å². The van der Waals surface area contributed by atoms with Crippen LogP contribution >= 0.6 is 7.82 Å². The first-order chi connectivity index (χ1) is 28.2. The summed E-state index contributed by atoms with van der Waals surface area (Å²) in [6.45, 7) is 2.26. The number of unbranched alkanes of at least 4 members (excludes halogenated alkanes) is 16. The fourth-order valence-corrected chi connectivity index (χ4v) is 7.04. The molecule has 1 rings (SSSR count). The van der Waals surface area contributed by atoms with Gasteiger partial charge in [-0.3, -0.25) is 18.6 Å². The first-order valence-electron chi connectivity index (χ1n) is 22.7. The van der Waals surface area contributed by atoms with Gasteiger partial charge in [0.1, 0.15) is 12.7 Å². The number of phosphoric ester groups is 1. The summed E-state index contributed by atoms with van der Waals surface area (Å²) in [5.74, 6) is -1.01. The summed E-state index contributed by atoms with van der Waals surface area (Å²) in [6, 6.07) is 0. The Morgan fingerprint density at radius 3 is 1.76 bits per heavy atom. The molecule has 0 radical (unpaired) electrons. The van der Waals surface area contributed by atoms with E-state index in [1.807, 2.05) is 0 Å². The van der Waals surface area contributed by atoms with Crippen LogP contribution in [0.15, 0.2) is 48.6 Å². The quantitative estimate of drug-likeness (QED) is 0.0177. The zero-order chi connectivity index (χ0) is 42.4. The molecule has 0 aromatic heterocycles. The number of esters is 2. The molecule has 11 nitrogen and oxygen atoms in total. The fourth-order valence-electron chi connectivity index (χ4n) is 6.25. The van der Waals surface area contributed by atoms with E-state index in [2.05, 4.69) is 62.5 Å². The molecule has 1 saturated heterocycles. The summed E-state index contributed by atoms with van der Waals surface area (Å²) in [7, 11) is -4.64. The Labute approximate surface area is 351 Å². The van der Waals surface area contributed by atoms with Gasteiger partial charge in [0.15, 0.2) is 6.10 Å². The zero-order valence-electron chi connectivity index (χ0n) is 36.2. The smallest absolute Gasteiger partial charge is 0.462 e. The van der Waals surface area contributed by atoms with Gasteiger partial charge in [0.25, 0.3) is 0 Å². The predicted octanol–water partition coefficient (Wildman–Crippen LogP) is 11.1. The largest absolute Gasteiger partial charge is 0.472 e. The van der Waals surface area contributed by atoms with Crippen LogP contribution in [0.4, 0.5) is 0 Å². The van der Waals surface area contributed by atoms with E-state index >= 15 is 0 Å². The lowest BCUT2D eigenvalue weighted by Crippen LogP contribution is -2.29. The standard InChI is InChI=1S/C46H81O11P/c1-3-5-7-9-11-13-15-17-18-19-20-21-23-25-27-29-31-35-46(50)56-42(40-55-58(51,52)54-38-41(48)37-47)39-53-45(49)36-32-34-44-43(57-44)33-30-28-26-24-22-16-14-12-10-8-6-4-2/h12,14,17-18,22,24,28,30,41-44,47-48H,3-11,13,15-16,19-21,23,25-27,29,31-40H2,1-2H3,(H,51,52)/b14-12-,18-17-,24-22-,30-28-/t41-,42+,43?,44?/m0/s1. The topological polar surface area (TPSA) is 161 Å². The van der Waals surface area contributed by atoms with Crippen molar-refractivity contribution in [3.63, 3.8) is 0 Å². The molecular formula is C46H81O11P. The average Bonchev–Trinajstić information content (AvgIpc) is 3.97. The minimum absolute atomic E-state index is 0.114. The van der Waals surface area contributed by atoms with Gasteiger partial charge in [-0.1, -0.05) is 140 Å². The van der Waals surface area contributed by atoms with E-state index in [4.69, 9.17) is 28.4 Å². The van der Waals surface area contributed by atoms with E-state index in [1.54, 1.807) is 0 Å². The summed E-state index contributed by atoms with van der Waals surface area (Å²) in [4.78, 5) is 35.1. The molecule has 58 heavy (non-hydrogen) atoms. The lowest BCUT2D eigenvalue weighted by molar-refractivity contribution is -0.161. The van der Waals surface area contributed by atoms with Crippen molar-refractivity contribution < 1.29 is 52.5 Å². The van der Waals surface area contributed by atoms with Crippen molar-refractivity contribution >= 4 is 19.8 Å². The van der Waals surface area contributed by atoms with Crippen LogP contribution in [0.3, 0.4) is 0 Å². The number of aliphatic hydroxyl groups excluding tert-OH is 2. The van der Waals surface area contributed by atoms with Crippen molar-refractivity contribution in [1.82, 2.24) is 0 Å². The number of hydrogen-bond acceptors (Lipinski definition) is 10. The second-order valence-electron chi connectivity index (χ2n) is 15.5. The minimum atomic E-state index is -4.64. The second kappa shape index (κ2) is 37.9. The van der Waals surface area contributed by atoms with Crippen molar-refractivity contribution in [1.29, 1.82) is 0 Å². The highest BCUT2D eigenvalue weighted by Crippen LogP contribution is 2.43. The van der Waals surface area contributed by atoms with E-state index in [-0.39, 0.29) is 31.7 Å². The SMILES string of the molecule is CCCCC/C=C\C/C=C\C/C=C\CC1OC1CCCC(=O)OC[C@H](COP(=O)(O)OC[C@@H](O)CO)OC(=O)CCCCCCCCC/C=C\CCCCCCCC.